The van der Waals surface area contributed by atoms with Gasteiger partial charge >= 0.3 is 0 Å². The van der Waals surface area contributed by atoms with Crippen molar-refractivity contribution in [2.24, 2.45) is 12.8 Å². The van der Waals surface area contributed by atoms with Crippen molar-refractivity contribution in [1.29, 1.82) is 0 Å². The summed E-state index contributed by atoms with van der Waals surface area (Å²) in [4.78, 5) is 0. The third-order valence-corrected chi connectivity index (χ3v) is 1.09. The van der Waals surface area contributed by atoms with Crippen molar-refractivity contribution < 1.29 is 0 Å². The van der Waals surface area contributed by atoms with Crippen molar-refractivity contribution in [2.75, 3.05) is 0 Å². The topological polar surface area (TPSA) is 56.7 Å². The van der Waals surface area contributed by atoms with Gasteiger partial charge in [0.15, 0.2) is 0 Å². The van der Waals surface area contributed by atoms with Gasteiger partial charge in [-0.1, -0.05) is 5.21 Å². The van der Waals surface area contributed by atoms with Gasteiger partial charge in [-0.25, -0.2) is 0 Å². The van der Waals surface area contributed by atoms with Gasteiger partial charge in [0, 0.05) is 19.3 Å². The quantitative estimate of drug-likeness (QED) is 0.645. The zero-order valence-corrected chi connectivity index (χ0v) is 6.80. The summed E-state index contributed by atoms with van der Waals surface area (Å²) in [7, 11) is 1.82. The average Bonchev–Trinajstić information content (AvgIpc) is 2.14. The molecule has 0 spiro atoms. The summed E-state index contributed by atoms with van der Waals surface area (Å²) in [5.41, 5.74) is 6.34. The number of nitrogens with zero attached hydrogens (tertiary/aromatic N) is 3. The Morgan fingerprint density at radius 1 is 1.70 bits per heavy atom. The minimum absolute atomic E-state index is 0. The first-order valence-corrected chi connectivity index (χ1v) is 2.82. The van der Waals surface area contributed by atoms with Crippen LogP contribution in [0.25, 0.3) is 0 Å². The molecule has 0 radical (unpaired) electrons. The second-order valence-electron chi connectivity index (χ2n) is 2.11. The van der Waals surface area contributed by atoms with E-state index >= 15 is 0 Å². The second-order valence-corrected chi connectivity index (χ2v) is 2.11. The minimum atomic E-state index is -0.0151. The van der Waals surface area contributed by atoms with Crippen LogP contribution >= 0.6 is 12.4 Å². The number of nitrogens with two attached hydrogens (primary N) is 1. The monoisotopic (exact) mass is 162 g/mol. The SMILES string of the molecule is C[C@H](N)c1cn(C)nn1.Cl. The van der Waals surface area contributed by atoms with Crippen molar-refractivity contribution in [3.05, 3.63) is 11.9 Å². The van der Waals surface area contributed by atoms with Gasteiger partial charge in [-0.2, -0.15) is 0 Å². The molecule has 2 N–H and O–H groups in total. The van der Waals surface area contributed by atoms with Crippen LogP contribution in [0.2, 0.25) is 0 Å². The highest BCUT2D eigenvalue weighted by Gasteiger charge is 2.01. The van der Waals surface area contributed by atoms with E-state index in [0.717, 1.165) is 5.69 Å². The molecule has 5 heteroatoms. The summed E-state index contributed by atoms with van der Waals surface area (Å²) in [5.74, 6) is 0. The molecule has 1 aromatic heterocycles. The third kappa shape index (κ3) is 1.97. The fourth-order valence-corrected chi connectivity index (χ4v) is 0.574. The molecule has 1 atom stereocenters. The van der Waals surface area contributed by atoms with Crippen LogP contribution in [0, 0.1) is 0 Å². The van der Waals surface area contributed by atoms with E-state index in [1.165, 1.54) is 0 Å². The van der Waals surface area contributed by atoms with Crippen molar-refractivity contribution in [1.82, 2.24) is 15.0 Å². The number of aromatic nitrogens is 3. The Hall–Kier alpha value is -0.610. The molecule has 10 heavy (non-hydrogen) atoms. The number of hydrogen-bond donors (Lipinski definition) is 1. The summed E-state index contributed by atoms with van der Waals surface area (Å²) in [6.45, 7) is 1.88. The standard InChI is InChI=1S/C5H10N4.ClH/c1-4(6)5-3-9(2)8-7-5;/h3-4H,6H2,1-2H3;1H/t4-;/m0./s1. The lowest BCUT2D eigenvalue weighted by Crippen LogP contribution is -2.04. The highest BCUT2D eigenvalue weighted by atomic mass is 35.5. The van der Waals surface area contributed by atoms with Crippen LogP contribution in [0.5, 0.6) is 0 Å². The molecule has 0 aliphatic heterocycles. The molecule has 0 amide bonds. The van der Waals surface area contributed by atoms with Crippen LogP contribution in [-0.4, -0.2) is 15.0 Å². The van der Waals surface area contributed by atoms with Gasteiger partial charge < -0.3 is 5.73 Å². The second kappa shape index (κ2) is 3.53. The Balaban J connectivity index is 0.000000810. The van der Waals surface area contributed by atoms with Crippen molar-refractivity contribution in [3.63, 3.8) is 0 Å². The molecule has 0 bridgehead atoms. The van der Waals surface area contributed by atoms with Gasteiger partial charge in [-0.15, -0.1) is 17.5 Å². The molecule has 58 valence electrons. The molecule has 1 heterocycles. The molecule has 0 aliphatic carbocycles. The Morgan fingerprint density at radius 3 is 2.50 bits per heavy atom. The van der Waals surface area contributed by atoms with E-state index in [-0.39, 0.29) is 18.4 Å². The predicted molar refractivity (Wildman–Crippen MR) is 40.9 cm³/mol. The normalized spacial score (nSPS) is 12.3. The first-order valence-electron chi connectivity index (χ1n) is 2.82. The summed E-state index contributed by atoms with van der Waals surface area (Å²) >= 11 is 0. The van der Waals surface area contributed by atoms with E-state index in [0.29, 0.717) is 0 Å². The Kier molecular flexibility index (Phi) is 3.32. The maximum atomic E-state index is 5.51. The summed E-state index contributed by atoms with van der Waals surface area (Å²) in [5, 5.41) is 7.53. The number of hydrogen-bond acceptors (Lipinski definition) is 3. The van der Waals surface area contributed by atoms with Gasteiger partial charge in [-0.05, 0) is 6.92 Å². The van der Waals surface area contributed by atoms with Crippen LogP contribution in [0.15, 0.2) is 6.20 Å². The molecule has 0 aromatic carbocycles. The first-order chi connectivity index (χ1) is 4.20. The van der Waals surface area contributed by atoms with Gasteiger partial charge in [0.2, 0.25) is 0 Å². The van der Waals surface area contributed by atoms with Crippen molar-refractivity contribution >= 4 is 12.4 Å². The fraction of sp³-hybridized carbons (Fsp3) is 0.600. The maximum absolute atomic E-state index is 5.51. The Labute approximate surface area is 65.8 Å². The number of aryl methyl sites for hydroxylation is 1. The van der Waals surface area contributed by atoms with E-state index in [1.807, 2.05) is 20.2 Å². The van der Waals surface area contributed by atoms with Crippen molar-refractivity contribution in [3.8, 4) is 0 Å². The largest absolute Gasteiger partial charge is 0.323 e. The van der Waals surface area contributed by atoms with E-state index in [9.17, 15) is 0 Å². The minimum Gasteiger partial charge on any atom is -0.323 e. The molecule has 0 saturated carbocycles. The lowest BCUT2D eigenvalue weighted by Gasteiger charge is -1.94. The van der Waals surface area contributed by atoms with Crippen LogP contribution in [0.3, 0.4) is 0 Å². The first kappa shape index (κ1) is 9.39. The molecule has 1 rings (SSSR count). The maximum Gasteiger partial charge on any atom is 0.0991 e. The highest BCUT2D eigenvalue weighted by Crippen LogP contribution is 2.01. The van der Waals surface area contributed by atoms with Gasteiger partial charge in [0.25, 0.3) is 0 Å². The smallest absolute Gasteiger partial charge is 0.0991 e. The molecule has 1 aromatic rings. The molecule has 0 aliphatic rings. The number of halogens is 1. The van der Waals surface area contributed by atoms with Crippen LogP contribution < -0.4 is 5.73 Å². The Bertz CT molecular complexity index is 195. The molecule has 0 saturated heterocycles. The van der Waals surface area contributed by atoms with Crippen LogP contribution in [0.1, 0.15) is 18.7 Å². The van der Waals surface area contributed by atoms with E-state index < -0.39 is 0 Å². The summed E-state index contributed by atoms with van der Waals surface area (Å²) in [6, 6.07) is -0.0151. The molecular weight excluding hydrogens is 152 g/mol. The third-order valence-electron chi connectivity index (χ3n) is 1.09. The molecule has 0 fully saturated rings. The predicted octanol–water partition coefficient (Wildman–Crippen LogP) is 0.257. The fourth-order valence-electron chi connectivity index (χ4n) is 0.574. The highest BCUT2D eigenvalue weighted by molar-refractivity contribution is 5.85. The number of rotatable bonds is 1. The van der Waals surface area contributed by atoms with Gasteiger partial charge in [0.05, 0.1) is 5.69 Å². The lowest BCUT2D eigenvalue weighted by molar-refractivity contribution is 0.708. The van der Waals surface area contributed by atoms with Crippen molar-refractivity contribution in [2.45, 2.75) is 13.0 Å². The Morgan fingerprint density at radius 2 is 2.30 bits per heavy atom. The van der Waals surface area contributed by atoms with E-state index in [1.54, 1.807) is 4.68 Å². The van der Waals surface area contributed by atoms with Gasteiger partial charge in [-0.3, -0.25) is 4.68 Å². The molecular formula is C5H11ClN4. The molecule has 4 nitrogen and oxygen atoms in total. The van der Waals surface area contributed by atoms with E-state index in [4.69, 9.17) is 5.73 Å². The summed E-state index contributed by atoms with van der Waals surface area (Å²) in [6.07, 6.45) is 1.81. The molecule has 0 unspecified atom stereocenters. The summed E-state index contributed by atoms with van der Waals surface area (Å²) < 4.78 is 1.64. The van der Waals surface area contributed by atoms with E-state index in [2.05, 4.69) is 10.3 Å². The zero-order chi connectivity index (χ0) is 6.85. The lowest BCUT2D eigenvalue weighted by atomic mass is 10.3. The van der Waals surface area contributed by atoms with Crippen LogP contribution in [0.4, 0.5) is 0 Å². The zero-order valence-electron chi connectivity index (χ0n) is 5.98. The van der Waals surface area contributed by atoms with Crippen LogP contribution in [-0.2, 0) is 7.05 Å². The average molecular weight is 163 g/mol. The van der Waals surface area contributed by atoms with Gasteiger partial charge in [0.1, 0.15) is 0 Å².